The fourth-order valence-corrected chi connectivity index (χ4v) is 4.84. The molecule has 0 saturated heterocycles. The second-order valence-corrected chi connectivity index (χ2v) is 7.64. The van der Waals surface area contributed by atoms with Crippen molar-refractivity contribution in [1.82, 2.24) is 4.31 Å². The molecule has 1 atom stereocenters. The maximum absolute atomic E-state index is 13.0. The van der Waals surface area contributed by atoms with E-state index in [-0.39, 0.29) is 22.9 Å². The smallest absolute Gasteiger partial charge is 0.245 e. The van der Waals surface area contributed by atoms with Crippen molar-refractivity contribution in [3.05, 3.63) is 64.7 Å². The number of fused-ring (bicyclic) bond motifs is 1. The Bertz CT molecular complexity index is 867. The van der Waals surface area contributed by atoms with Crippen LogP contribution in [-0.2, 0) is 27.8 Å². The summed E-state index contributed by atoms with van der Waals surface area (Å²) in [5.41, 5.74) is 7.24. The van der Waals surface area contributed by atoms with Gasteiger partial charge in [0.2, 0.25) is 15.9 Å². The van der Waals surface area contributed by atoms with E-state index in [1.54, 1.807) is 12.1 Å². The van der Waals surface area contributed by atoms with Crippen LogP contribution in [0.1, 0.15) is 11.1 Å². The number of carbonyl (C=O) groups excluding carboxylic acids is 1. The highest BCUT2D eigenvalue weighted by Gasteiger charge is 2.39. The van der Waals surface area contributed by atoms with Gasteiger partial charge in [-0.05, 0) is 29.7 Å². The molecule has 3 rings (SSSR count). The van der Waals surface area contributed by atoms with E-state index in [9.17, 15) is 13.2 Å². The molecule has 0 aromatic heterocycles. The van der Waals surface area contributed by atoms with Gasteiger partial charge in [-0.2, -0.15) is 4.31 Å². The van der Waals surface area contributed by atoms with Gasteiger partial charge < -0.3 is 5.73 Å². The first-order chi connectivity index (χ1) is 10.9. The van der Waals surface area contributed by atoms with Crippen molar-refractivity contribution in [1.29, 1.82) is 0 Å². The maximum atomic E-state index is 13.0. The third-order valence-electron chi connectivity index (χ3n) is 3.96. The average molecular weight is 351 g/mol. The predicted octanol–water partition coefficient (Wildman–Crippen LogP) is 1.94. The molecule has 2 aromatic rings. The number of amides is 1. The molecule has 23 heavy (non-hydrogen) atoms. The number of carbonyl (C=O) groups is 1. The van der Waals surface area contributed by atoms with Crippen LogP contribution in [-0.4, -0.2) is 24.7 Å². The average Bonchev–Trinajstić information content (AvgIpc) is 2.53. The number of hydrogen-bond acceptors (Lipinski definition) is 3. The second kappa shape index (κ2) is 5.96. The summed E-state index contributed by atoms with van der Waals surface area (Å²) in [6.07, 6.45) is 0.259. The summed E-state index contributed by atoms with van der Waals surface area (Å²) in [6, 6.07) is 12.7. The topological polar surface area (TPSA) is 80.5 Å². The fraction of sp³-hybridized carbons (Fsp3) is 0.188. The van der Waals surface area contributed by atoms with Gasteiger partial charge in [-0.3, -0.25) is 4.79 Å². The molecule has 1 heterocycles. The fourth-order valence-electron chi connectivity index (χ4n) is 2.77. The standard InChI is InChI=1S/C16H15ClN2O3S/c17-13-7-3-4-8-15(13)23(21,22)19-10-12-6-2-1-5-11(12)9-14(19)16(18)20/h1-8,14H,9-10H2,(H2,18,20)/t14-/m0/s1. The van der Waals surface area contributed by atoms with Crippen LogP contribution in [0.3, 0.4) is 0 Å². The summed E-state index contributed by atoms with van der Waals surface area (Å²) in [5.74, 6) is -0.671. The Morgan fingerprint density at radius 2 is 1.70 bits per heavy atom. The Hall–Kier alpha value is -1.89. The molecule has 5 nitrogen and oxygen atoms in total. The Morgan fingerprint density at radius 3 is 2.35 bits per heavy atom. The van der Waals surface area contributed by atoms with Crippen molar-refractivity contribution in [2.24, 2.45) is 5.73 Å². The van der Waals surface area contributed by atoms with Gasteiger partial charge in [-0.1, -0.05) is 48.0 Å². The maximum Gasteiger partial charge on any atom is 0.245 e. The molecule has 2 aromatic carbocycles. The summed E-state index contributed by atoms with van der Waals surface area (Å²) in [7, 11) is -3.93. The van der Waals surface area contributed by atoms with Crippen molar-refractivity contribution >= 4 is 27.5 Å². The van der Waals surface area contributed by atoms with Gasteiger partial charge in [-0.25, -0.2) is 8.42 Å². The number of primary amides is 1. The van der Waals surface area contributed by atoms with E-state index in [2.05, 4.69) is 0 Å². The van der Waals surface area contributed by atoms with Crippen LogP contribution in [0.2, 0.25) is 5.02 Å². The number of benzene rings is 2. The lowest BCUT2D eigenvalue weighted by molar-refractivity contribution is -0.122. The van der Waals surface area contributed by atoms with Crippen LogP contribution in [0.5, 0.6) is 0 Å². The van der Waals surface area contributed by atoms with Gasteiger partial charge in [0.05, 0.1) is 5.02 Å². The van der Waals surface area contributed by atoms with Gasteiger partial charge >= 0.3 is 0 Å². The Morgan fingerprint density at radius 1 is 1.09 bits per heavy atom. The Labute approximate surface area is 139 Å². The number of hydrogen-bond donors (Lipinski definition) is 1. The Balaban J connectivity index is 2.10. The van der Waals surface area contributed by atoms with Crippen LogP contribution in [0.4, 0.5) is 0 Å². The summed E-state index contributed by atoms with van der Waals surface area (Å²) in [6.45, 7) is 0.0946. The molecular weight excluding hydrogens is 336 g/mol. The number of halogens is 1. The molecule has 0 spiro atoms. The normalized spacial score (nSPS) is 18.4. The molecule has 0 bridgehead atoms. The molecule has 2 N–H and O–H groups in total. The van der Waals surface area contributed by atoms with E-state index in [0.29, 0.717) is 0 Å². The van der Waals surface area contributed by atoms with E-state index < -0.39 is 22.0 Å². The van der Waals surface area contributed by atoms with Gasteiger partial charge in [0.15, 0.2) is 0 Å². The highest BCUT2D eigenvalue weighted by Crippen LogP contribution is 2.31. The van der Waals surface area contributed by atoms with E-state index in [0.717, 1.165) is 15.4 Å². The number of sulfonamides is 1. The summed E-state index contributed by atoms with van der Waals surface area (Å²) in [5, 5.41) is 0.120. The summed E-state index contributed by atoms with van der Waals surface area (Å²) >= 11 is 6.03. The molecule has 0 aliphatic carbocycles. The lowest BCUT2D eigenvalue weighted by Crippen LogP contribution is -2.51. The third kappa shape index (κ3) is 2.85. The summed E-state index contributed by atoms with van der Waals surface area (Å²) in [4.78, 5) is 11.8. The zero-order chi connectivity index (χ0) is 16.6. The lowest BCUT2D eigenvalue weighted by atomic mass is 9.96. The van der Waals surface area contributed by atoms with Crippen LogP contribution in [0, 0.1) is 0 Å². The van der Waals surface area contributed by atoms with Crippen molar-refractivity contribution in [2.45, 2.75) is 23.9 Å². The SMILES string of the molecule is NC(=O)[C@@H]1Cc2ccccc2CN1S(=O)(=O)c1ccccc1Cl. The summed E-state index contributed by atoms with van der Waals surface area (Å²) < 4.78 is 27.1. The predicted molar refractivity (Wildman–Crippen MR) is 87.3 cm³/mol. The van der Waals surface area contributed by atoms with Crippen molar-refractivity contribution < 1.29 is 13.2 Å². The molecule has 1 amide bonds. The first-order valence-electron chi connectivity index (χ1n) is 7.03. The van der Waals surface area contributed by atoms with E-state index in [1.807, 2.05) is 24.3 Å². The first kappa shape index (κ1) is 16.0. The minimum Gasteiger partial charge on any atom is -0.368 e. The second-order valence-electron chi connectivity index (χ2n) is 5.37. The highest BCUT2D eigenvalue weighted by molar-refractivity contribution is 7.89. The number of nitrogens with zero attached hydrogens (tertiary/aromatic N) is 1. The lowest BCUT2D eigenvalue weighted by Gasteiger charge is -2.34. The zero-order valence-electron chi connectivity index (χ0n) is 12.1. The quantitative estimate of drug-likeness (QED) is 0.918. The van der Waals surface area contributed by atoms with Gasteiger partial charge in [-0.15, -0.1) is 0 Å². The monoisotopic (exact) mass is 350 g/mol. The minimum absolute atomic E-state index is 0.0210. The molecule has 0 unspecified atom stereocenters. The van der Waals surface area contributed by atoms with E-state index in [4.69, 9.17) is 17.3 Å². The van der Waals surface area contributed by atoms with E-state index in [1.165, 1.54) is 12.1 Å². The van der Waals surface area contributed by atoms with E-state index >= 15 is 0 Å². The molecule has 0 radical (unpaired) electrons. The zero-order valence-corrected chi connectivity index (χ0v) is 13.7. The van der Waals surface area contributed by atoms with Crippen LogP contribution in [0.25, 0.3) is 0 Å². The molecule has 0 fully saturated rings. The first-order valence-corrected chi connectivity index (χ1v) is 8.85. The molecule has 0 saturated carbocycles. The van der Waals surface area contributed by atoms with Crippen molar-refractivity contribution in [3.8, 4) is 0 Å². The molecular formula is C16H15ClN2O3S. The van der Waals surface area contributed by atoms with Crippen LogP contribution in [0.15, 0.2) is 53.4 Å². The molecule has 120 valence electrons. The minimum atomic E-state index is -3.93. The largest absolute Gasteiger partial charge is 0.368 e. The van der Waals surface area contributed by atoms with Crippen LogP contribution < -0.4 is 5.73 Å². The van der Waals surface area contributed by atoms with Crippen molar-refractivity contribution in [3.63, 3.8) is 0 Å². The molecule has 1 aliphatic heterocycles. The van der Waals surface area contributed by atoms with Gasteiger partial charge in [0.25, 0.3) is 0 Å². The molecule has 7 heteroatoms. The Kier molecular flexibility index (Phi) is 4.14. The number of rotatable bonds is 3. The van der Waals surface area contributed by atoms with Gasteiger partial charge in [0.1, 0.15) is 10.9 Å². The molecule has 1 aliphatic rings. The van der Waals surface area contributed by atoms with Crippen molar-refractivity contribution in [2.75, 3.05) is 0 Å². The number of nitrogens with two attached hydrogens (primary N) is 1. The third-order valence-corrected chi connectivity index (χ3v) is 6.31. The highest BCUT2D eigenvalue weighted by atomic mass is 35.5. The van der Waals surface area contributed by atoms with Gasteiger partial charge in [0, 0.05) is 6.54 Å². The van der Waals surface area contributed by atoms with Crippen LogP contribution >= 0.6 is 11.6 Å².